The van der Waals surface area contributed by atoms with E-state index in [2.05, 4.69) is 27.9 Å². The van der Waals surface area contributed by atoms with Crippen LogP contribution in [0.4, 0.5) is 0 Å². The van der Waals surface area contributed by atoms with Crippen LogP contribution in [0.1, 0.15) is 126 Å². The number of hydrogen-bond acceptors (Lipinski definition) is 5. The van der Waals surface area contributed by atoms with E-state index in [1.165, 1.54) is 103 Å². The second-order valence-corrected chi connectivity index (χ2v) is 10.2. The molecule has 1 aromatic heterocycles. The first-order valence-electron chi connectivity index (χ1n) is 14.7. The van der Waals surface area contributed by atoms with Crippen LogP contribution in [0.2, 0.25) is 0 Å². The van der Waals surface area contributed by atoms with Crippen LogP contribution in [0.25, 0.3) is 11.0 Å². The Balaban J connectivity index is 1.30. The largest absolute Gasteiger partial charge is 0.478 e. The highest BCUT2D eigenvalue weighted by Gasteiger charge is 2.08. The lowest BCUT2D eigenvalue weighted by atomic mass is 10.0. The molecule has 36 heavy (non-hydrogen) atoms. The van der Waals surface area contributed by atoms with E-state index >= 15 is 0 Å². The molecule has 2 rings (SSSR count). The number of aromatic carboxylic acids is 1. The van der Waals surface area contributed by atoms with Crippen LogP contribution in [0.3, 0.4) is 0 Å². The first kappa shape index (κ1) is 30.2. The highest BCUT2D eigenvalue weighted by atomic mass is 16.4. The summed E-state index contributed by atoms with van der Waals surface area (Å²) in [5, 5.41) is 24.2. The Morgan fingerprint density at radius 3 is 1.86 bits per heavy atom. The van der Waals surface area contributed by atoms with Crippen LogP contribution in [0, 0.1) is 0 Å². The Morgan fingerprint density at radius 2 is 1.28 bits per heavy atom. The quantitative estimate of drug-likeness (QED) is 0.135. The second-order valence-electron chi connectivity index (χ2n) is 10.2. The lowest BCUT2D eigenvalue weighted by Crippen LogP contribution is -2.25. The zero-order chi connectivity index (χ0) is 25.7. The number of benzene rings is 1. The normalized spacial score (nSPS) is 11.5. The highest BCUT2D eigenvalue weighted by molar-refractivity contribution is 5.92. The van der Waals surface area contributed by atoms with Gasteiger partial charge in [0.1, 0.15) is 5.52 Å². The lowest BCUT2D eigenvalue weighted by Gasteiger charge is -2.07. The van der Waals surface area contributed by atoms with E-state index in [-0.39, 0.29) is 5.56 Å². The Bertz CT molecular complexity index is 823. The molecule has 7 nitrogen and oxygen atoms in total. The van der Waals surface area contributed by atoms with Gasteiger partial charge in [0.15, 0.2) is 0 Å². The van der Waals surface area contributed by atoms with Gasteiger partial charge in [-0.3, -0.25) is 5.32 Å². The SMILES string of the molecule is CCCCCCCCCCCCCCCCCCNCCCNCn1nnc2cc(C(=O)O)ccc21. The summed E-state index contributed by atoms with van der Waals surface area (Å²) in [6, 6.07) is 4.91. The number of carboxylic acid groups (broad SMARTS) is 1. The van der Waals surface area contributed by atoms with E-state index in [1.807, 2.05) is 0 Å². The molecule has 204 valence electrons. The zero-order valence-electron chi connectivity index (χ0n) is 22.8. The first-order chi connectivity index (χ1) is 17.7. The molecule has 0 saturated carbocycles. The Morgan fingerprint density at radius 1 is 0.750 bits per heavy atom. The Kier molecular flexibility index (Phi) is 16.9. The molecule has 1 aromatic carbocycles. The van der Waals surface area contributed by atoms with Crippen LogP contribution >= 0.6 is 0 Å². The molecule has 0 saturated heterocycles. The van der Waals surface area contributed by atoms with Crippen molar-refractivity contribution in [2.45, 2.75) is 123 Å². The molecule has 0 aliphatic carbocycles. The summed E-state index contributed by atoms with van der Waals surface area (Å²) >= 11 is 0. The fourth-order valence-corrected chi connectivity index (χ4v) is 4.67. The van der Waals surface area contributed by atoms with E-state index in [0.717, 1.165) is 31.6 Å². The van der Waals surface area contributed by atoms with Gasteiger partial charge in [-0.15, -0.1) is 5.10 Å². The third-order valence-corrected chi connectivity index (χ3v) is 6.94. The van der Waals surface area contributed by atoms with Crippen molar-refractivity contribution >= 4 is 17.0 Å². The maximum absolute atomic E-state index is 11.1. The molecular formula is C29H51N5O2. The Labute approximate surface area is 218 Å². The van der Waals surface area contributed by atoms with Gasteiger partial charge in [0.25, 0.3) is 0 Å². The minimum Gasteiger partial charge on any atom is -0.478 e. The van der Waals surface area contributed by atoms with Gasteiger partial charge in [-0.1, -0.05) is 108 Å². The third-order valence-electron chi connectivity index (χ3n) is 6.94. The maximum Gasteiger partial charge on any atom is 0.335 e. The average molecular weight is 502 g/mol. The smallest absolute Gasteiger partial charge is 0.335 e. The van der Waals surface area contributed by atoms with Crippen molar-refractivity contribution in [1.82, 2.24) is 25.6 Å². The molecule has 2 aromatic rings. The van der Waals surface area contributed by atoms with Crippen LogP contribution < -0.4 is 10.6 Å². The first-order valence-corrected chi connectivity index (χ1v) is 14.7. The predicted molar refractivity (Wildman–Crippen MR) is 150 cm³/mol. The van der Waals surface area contributed by atoms with Gasteiger partial charge in [0.2, 0.25) is 0 Å². The van der Waals surface area contributed by atoms with E-state index in [4.69, 9.17) is 5.11 Å². The van der Waals surface area contributed by atoms with Crippen LogP contribution in [0.5, 0.6) is 0 Å². The van der Waals surface area contributed by atoms with Crippen molar-refractivity contribution in [2.75, 3.05) is 19.6 Å². The van der Waals surface area contributed by atoms with Gasteiger partial charge < -0.3 is 10.4 Å². The maximum atomic E-state index is 11.1. The van der Waals surface area contributed by atoms with Crippen molar-refractivity contribution in [3.8, 4) is 0 Å². The second kappa shape index (κ2) is 20.1. The highest BCUT2D eigenvalue weighted by Crippen LogP contribution is 2.14. The average Bonchev–Trinajstić information content (AvgIpc) is 3.29. The molecule has 1 heterocycles. The molecule has 0 spiro atoms. The summed E-state index contributed by atoms with van der Waals surface area (Å²) in [5.74, 6) is -0.948. The molecule has 0 unspecified atom stereocenters. The number of carbonyl (C=O) groups is 1. The minimum absolute atomic E-state index is 0.234. The van der Waals surface area contributed by atoms with E-state index < -0.39 is 5.97 Å². The van der Waals surface area contributed by atoms with Gasteiger partial charge in [0.05, 0.1) is 17.7 Å². The van der Waals surface area contributed by atoms with Crippen LogP contribution in [-0.4, -0.2) is 45.7 Å². The summed E-state index contributed by atoms with van der Waals surface area (Å²) in [6.07, 6.45) is 23.6. The summed E-state index contributed by atoms with van der Waals surface area (Å²) in [6.45, 7) is 5.89. The van der Waals surface area contributed by atoms with Crippen LogP contribution in [-0.2, 0) is 6.67 Å². The fourth-order valence-electron chi connectivity index (χ4n) is 4.67. The summed E-state index contributed by atoms with van der Waals surface area (Å²) in [7, 11) is 0. The predicted octanol–water partition coefficient (Wildman–Crippen LogP) is 6.92. The molecule has 0 aliphatic rings. The van der Waals surface area contributed by atoms with Crippen molar-refractivity contribution in [1.29, 1.82) is 0 Å². The topological polar surface area (TPSA) is 92.1 Å². The zero-order valence-corrected chi connectivity index (χ0v) is 22.8. The standard InChI is InChI=1S/C29H51N5O2/c1-2-3-4-5-6-7-8-9-10-11-12-13-14-15-16-17-21-30-22-18-23-31-25-34-28-20-19-26(29(35)36)24-27(28)32-33-34/h19-20,24,30-31H,2-18,21-23,25H2,1H3,(H,35,36). The number of aromatic nitrogens is 3. The molecule has 0 amide bonds. The molecule has 0 atom stereocenters. The molecule has 0 radical (unpaired) electrons. The monoisotopic (exact) mass is 501 g/mol. The van der Waals surface area contributed by atoms with Gasteiger partial charge in [0, 0.05) is 0 Å². The number of unbranched alkanes of at least 4 members (excludes halogenated alkanes) is 15. The number of nitrogens with one attached hydrogen (secondary N) is 2. The lowest BCUT2D eigenvalue weighted by molar-refractivity contribution is 0.0697. The number of rotatable bonds is 24. The number of fused-ring (bicyclic) bond motifs is 1. The van der Waals surface area contributed by atoms with E-state index in [1.54, 1.807) is 22.9 Å². The van der Waals surface area contributed by atoms with Gasteiger partial charge >= 0.3 is 5.97 Å². The number of nitrogens with zero attached hydrogens (tertiary/aromatic N) is 3. The molecule has 7 heteroatoms. The van der Waals surface area contributed by atoms with Gasteiger partial charge in [-0.25, -0.2) is 9.48 Å². The van der Waals surface area contributed by atoms with Crippen molar-refractivity contribution in [3.05, 3.63) is 23.8 Å². The summed E-state index contributed by atoms with van der Waals surface area (Å²) in [5.41, 5.74) is 1.68. The van der Waals surface area contributed by atoms with Gasteiger partial charge in [-0.05, 0) is 50.7 Å². The van der Waals surface area contributed by atoms with E-state index in [0.29, 0.717) is 12.2 Å². The van der Waals surface area contributed by atoms with Crippen molar-refractivity contribution in [2.24, 2.45) is 0 Å². The molecule has 0 bridgehead atoms. The van der Waals surface area contributed by atoms with Gasteiger partial charge in [-0.2, -0.15) is 0 Å². The number of carboxylic acids is 1. The minimum atomic E-state index is -0.948. The van der Waals surface area contributed by atoms with Crippen molar-refractivity contribution in [3.63, 3.8) is 0 Å². The molecule has 3 N–H and O–H groups in total. The summed E-state index contributed by atoms with van der Waals surface area (Å²) < 4.78 is 1.77. The summed E-state index contributed by atoms with van der Waals surface area (Å²) in [4.78, 5) is 11.1. The fraction of sp³-hybridized carbons (Fsp3) is 0.759. The Hall–Kier alpha value is -1.99. The van der Waals surface area contributed by atoms with Crippen LogP contribution in [0.15, 0.2) is 18.2 Å². The number of hydrogen-bond donors (Lipinski definition) is 3. The molecule has 0 aliphatic heterocycles. The molecular weight excluding hydrogens is 450 g/mol. The van der Waals surface area contributed by atoms with Crippen molar-refractivity contribution < 1.29 is 9.90 Å². The molecule has 0 fully saturated rings. The third kappa shape index (κ3) is 13.4. The van der Waals surface area contributed by atoms with E-state index in [9.17, 15) is 4.79 Å².